The van der Waals surface area contributed by atoms with Gasteiger partial charge in [0.15, 0.2) is 0 Å². The monoisotopic (exact) mass is 964 g/mol. The Morgan fingerprint density at radius 3 is 0.986 bits per heavy atom. The van der Waals surface area contributed by atoms with Crippen molar-refractivity contribution in [1.29, 1.82) is 0 Å². The van der Waals surface area contributed by atoms with E-state index in [0.29, 0.717) is 0 Å². The Morgan fingerprint density at radius 2 is 0.622 bits per heavy atom. The van der Waals surface area contributed by atoms with Crippen LogP contribution in [0.5, 0.6) is 0 Å². The van der Waals surface area contributed by atoms with Crippen LogP contribution in [-0.4, -0.2) is 6.71 Å². The summed E-state index contributed by atoms with van der Waals surface area (Å²) in [6.07, 6.45) is 0. The SMILES string of the molecule is CC(C)(C)c1ccccc1N1c2cc(N(c3ccc(-c4ccccc4)cc3)c3ccc(-c4ccccc4)cc3)cc3c2B(c2cccc(C(C)(C)C)c21)c1cccc(C(C)(C)C)c1N3c1ccccc1C(C)(C)C. The predicted molar refractivity (Wildman–Crippen MR) is 321 cm³/mol. The summed E-state index contributed by atoms with van der Waals surface area (Å²) in [6.45, 7) is 28.4. The van der Waals surface area contributed by atoms with Gasteiger partial charge in [0.2, 0.25) is 0 Å². The van der Waals surface area contributed by atoms with Gasteiger partial charge in [-0.1, -0.05) is 241 Å². The zero-order valence-electron chi connectivity index (χ0n) is 45.5. The largest absolute Gasteiger partial charge is 0.311 e. The molecule has 3 nitrogen and oxygen atoms in total. The Morgan fingerprint density at radius 1 is 0.297 bits per heavy atom. The van der Waals surface area contributed by atoms with E-state index in [1.807, 2.05) is 0 Å². The van der Waals surface area contributed by atoms with E-state index in [0.717, 1.165) is 17.1 Å². The fraction of sp³-hybridized carbons (Fsp3) is 0.229. The van der Waals surface area contributed by atoms with Gasteiger partial charge in [0, 0.05) is 45.5 Å². The third kappa shape index (κ3) is 8.52. The Hall–Kier alpha value is -7.56. The minimum atomic E-state index is -0.173. The number of rotatable bonds is 7. The first kappa shape index (κ1) is 48.7. The molecule has 368 valence electrons. The van der Waals surface area contributed by atoms with Crippen molar-refractivity contribution >= 4 is 74.3 Å². The van der Waals surface area contributed by atoms with E-state index in [2.05, 4.69) is 304 Å². The molecule has 2 heterocycles. The molecule has 4 heteroatoms. The lowest BCUT2D eigenvalue weighted by atomic mass is 9.33. The molecular formula is C70H70BN3. The molecule has 0 aliphatic carbocycles. The van der Waals surface area contributed by atoms with E-state index < -0.39 is 0 Å². The van der Waals surface area contributed by atoms with Crippen LogP contribution in [0, 0.1) is 0 Å². The Bertz CT molecular complexity index is 3300. The molecule has 0 fully saturated rings. The van der Waals surface area contributed by atoms with Crippen LogP contribution in [0.2, 0.25) is 0 Å². The van der Waals surface area contributed by atoms with E-state index >= 15 is 0 Å². The second-order valence-electron chi connectivity index (χ2n) is 24.7. The Balaban J connectivity index is 1.30. The number of hydrogen-bond donors (Lipinski definition) is 0. The summed E-state index contributed by atoms with van der Waals surface area (Å²) in [4.78, 5) is 7.85. The van der Waals surface area contributed by atoms with Gasteiger partial charge in [-0.15, -0.1) is 0 Å². The highest BCUT2D eigenvalue weighted by molar-refractivity contribution is 7.00. The van der Waals surface area contributed by atoms with E-state index in [-0.39, 0.29) is 28.4 Å². The zero-order chi connectivity index (χ0) is 51.9. The summed E-state index contributed by atoms with van der Waals surface area (Å²) in [5.41, 5.74) is 24.0. The van der Waals surface area contributed by atoms with Crippen LogP contribution >= 0.6 is 0 Å². The van der Waals surface area contributed by atoms with E-state index in [4.69, 9.17) is 0 Å². The molecule has 0 N–H and O–H groups in total. The van der Waals surface area contributed by atoms with Gasteiger partial charge in [-0.2, -0.15) is 0 Å². The Kier molecular flexibility index (Phi) is 11.9. The van der Waals surface area contributed by atoms with Crippen molar-refractivity contribution in [2.75, 3.05) is 14.7 Å². The molecule has 9 aromatic carbocycles. The Labute approximate surface area is 442 Å². The highest BCUT2D eigenvalue weighted by atomic mass is 15.2. The summed E-state index contributed by atoms with van der Waals surface area (Å²) in [6, 6.07) is 77.5. The van der Waals surface area contributed by atoms with Crippen LogP contribution in [0.4, 0.5) is 51.2 Å². The number of para-hydroxylation sites is 4. The summed E-state index contributed by atoms with van der Waals surface area (Å²) >= 11 is 0. The number of anilines is 9. The molecule has 0 radical (unpaired) electrons. The lowest BCUT2D eigenvalue weighted by molar-refractivity contribution is 0.587. The molecule has 2 aliphatic rings. The number of nitrogens with zero attached hydrogens (tertiary/aromatic N) is 3. The average molecular weight is 964 g/mol. The zero-order valence-corrected chi connectivity index (χ0v) is 45.5. The fourth-order valence-electron chi connectivity index (χ4n) is 11.8. The maximum absolute atomic E-state index is 2.68. The molecule has 0 bridgehead atoms. The van der Waals surface area contributed by atoms with Gasteiger partial charge < -0.3 is 14.7 Å². The molecule has 0 saturated carbocycles. The van der Waals surface area contributed by atoms with Gasteiger partial charge in [-0.25, -0.2) is 0 Å². The molecule has 9 aromatic rings. The van der Waals surface area contributed by atoms with Gasteiger partial charge in [0.05, 0.1) is 5.69 Å². The topological polar surface area (TPSA) is 9.72 Å². The van der Waals surface area contributed by atoms with Crippen LogP contribution in [0.1, 0.15) is 105 Å². The molecule has 0 saturated heterocycles. The highest BCUT2D eigenvalue weighted by Crippen LogP contribution is 2.53. The third-order valence-electron chi connectivity index (χ3n) is 15.3. The van der Waals surface area contributed by atoms with Crippen molar-refractivity contribution in [3.8, 4) is 22.3 Å². The van der Waals surface area contributed by atoms with Crippen LogP contribution < -0.4 is 31.1 Å². The number of hydrogen-bond acceptors (Lipinski definition) is 3. The first-order chi connectivity index (χ1) is 35.3. The summed E-state index contributed by atoms with van der Waals surface area (Å²) < 4.78 is 0. The smallest absolute Gasteiger partial charge is 0.252 e. The van der Waals surface area contributed by atoms with Gasteiger partial charge in [-0.3, -0.25) is 0 Å². The van der Waals surface area contributed by atoms with Gasteiger partial charge in [0.1, 0.15) is 0 Å². The quantitative estimate of drug-likeness (QED) is 0.147. The molecule has 0 atom stereocenters. The molecule has 11 rings (SSSR count). The van der Waals surface area contributed by atoms with Crippen LogP contribution in [-0.2, 0) is 21.7 Å². The number of fused-ring (bicyclic) bond motifs is 4. The molecule has 0 amide bonds. The first-order valence-corrected chi connectivity index (χ1v) is 26.6. The van der Waals surface area contributed by atoms with Crippen molar-refractivity contribution < 1.29 is 0 Å². The van der Waals surface area contributed by atoms with Crippen LogP contribution in [0.3, 0.4) is 0 Å². The molecule has 0 unspecified atom stereocenters. The average Bonchev–Trinajstić information content (AvgIpc) is 3.38. The van der Waals surface area contributed by atoms with Crippen LogP contribution in [0.15, 0.2) is 206 Å². The van der Waals surface area contributed by atoms with Crippen molar-refractivity contribution in [3.63, 3.8) is 0 Å². The molecule has 2 aliphatic heterocycles. The summed E-state index contributed by atoms with van der Waals surface area (Å²) in [5.74, 6) is 0. The van der Waals surface area contributed by atoms with Crippen LogP contribution in [0.25, 0.3) is 22.3 Å². The van der Waals surface area contributed by atoms with E-state index in [1.54, 1.807) is 0 Å². The van der Waals surface area contributed by atoms with Crippen molar-refractivity contribution in [2.24, 2.45) is 0 Å². The maximum atomic E-state index is 2.68. The summed E-state index contributed by atoms with van der Waals surface area (Å²) in [5, 5.41) is 0. The normalized spacial score (nSPS) is 13.3. The van der Waals surface area contributed by atoms with Crippen molar-refractivity contribution in [1.82, 2.24) is 0 Å². The molecular weight excluding hydrogens is 894 g/mol. The maximum Gasteiger partial charge on any atom is 0.252 e. The van der Waals surface area contributed by atoms with Gasteiger partial charge in [-0.05, 0) is 131 Å². The van der Waals surface area contributed by atoms with Gasteiger partial charge >= 0.3 is 0 Å². The standard InChI is InChI=1S/C70H70BN3/c1-67(2,3)54-29-19-21-35-60(54)73-62-45-53(72(51-41-37-49(38-42-51)47-25-15-13-16-26-47)52-43-39-50(40-44-52)48-27-17-14-18-28-48)46-63-64(62)71(58-33-23-31-56(65(58)73)69(7,8)9)59-34-24-32-57(70(10,11)12)66(59)74(63)61-36-22-20-30-55(61)68(4,5)6/h13-46H,1-12H3. The summed E-state index contributed by atoms with van der Waals surface area (Å²) in [7, 11) is 0. The predicted octanol–water partition coefficient (Wildman–Crippen LogP) is 17.8. The van der Waals surface area contributed by atoms with E-state index in [1.165, 1.54) is 95.0 Å². The minimum Gasteiger partial charge on any atom is -0.311 e. The van der Waals surface area contributed by atoms with Crippen molar-refractivity contribution in [2.45, 2.75) is 105 Å². The lowest BCUT2D eigenvalue weighted by Gasteiger charge is -2.48. The molecule has 74 heavy (non-hydrogen) atoms. The fourth-order valence-corrected chi connectivity index (χ4v) is 11.8. The third-order valence-corrected chi connectivity index (χ3v) is 15.3. The van der Waals surface area contributed by atoms with E-state index in [9.17, 15) is 0 Å². The second-order valence-corrected chi connectivity index (χ2v) is 24.7. The first-order valence-electron chi connectivity index (χ1n) is 26.6. The second kappa shape index (κ2) is 18.1. The minimum absolute atomic E-state index is 0.0523. The highest BCUT2D eigenvalue weighted by Gasteiger charge is 2.47. The van der Waals surface area contributed by atoms with Gasteiger partial charge in [0.25, 0.3) is 6.71 Å². The lowest BCUT2D eigenvalue weighted by Crippen LogP contribution is -2.62. The molecule has 0 spiro atoms. The number of benzene rings is 9. The van der Waals surface area contributed by atoms with Crippen molar-refractivity contribution in [3.05, 3.63) is 229 Å². The molecule has 0 aromatic heterocycles.